The summed E-state index contributed by atoms with van der Waals surface area (Å²) in [6.07, 6.45) is 1.43. The van der Waals surface area contributed by atoms with E-state index in [0.29, 0.717) is 52.7 Å². The molecule has 31 heavy (non-hydrogen) atoms. The average Bonchev–Trinajstić information content (AvgIpc) is 3.06. The summed E-state index contributed by atoms with van der Waals surface area (Å²) >= 11 is 13.2. The molecule has 0 aliphatic carbocycles. The van der Waals surface area contributed by atoms with Gasteiger partial charge in [0.2, 0.25) is 0 Å². The number of aryl methyl sites for hydroxylation is 2. The zero-order valence-corrected chi connectivity index (χ0v) is 19.0. The van der Waals surface area contributed by atoms with E-state index in [-0.39, 0.29) is 5.91 Å². The lowest BCUT2D eigenvalue weighted by Gasteiger charge is -2.30. The zero-order chi connectivity index (χ0) is 22.3. The SMILES string of the molecule is Cc1cc(C#N)cc2c1cc(Cc1c(Cl)ccc(C(=O)N3CCCC(O)C3)c1Cl)n2C. The molecular weight excluding hydrogens is 433 g/mol. The summed E-state index contributed by atoms with van der Waals surface area (Å²) in [5.41, 5.74) is 4.68. The number of piperidine rings is 1. The monoisotopic (exact) mass is 455 g/mol. The number of carbonyl (C=O) groups excluding carboxylic acids is 1. The molecule has 7 heteroatoms. The van der Waals surface area contributed by atoms with Gasteiger partial charge in [-0.25, -0.2) is 0 Å². The van der Waals surface area contributed by atoms with Crippen LogP contribution >= 0.6 is 23.2 Å². The molecule has 2 aromatic carbocycles. The van der Waals surface area contributed by atoms with Gasteiger partial charge in [-0.15, -0.1) is 0 Å². The van der Waals surface area contributed by atoms with Crippen LogP contribution in [0.15, 0.2) is 30.3 Å². The maximum atomic E-state index is 13.1. The molecule has 0 saturated carbocycles. The first-order valence-electron chi connectivity index (χ1n) is 10.2. The Bertz CT molecular complexity index is 1230. The zero-order valence-electron chi connectivity index (χ0n) is 17.5. The standard InChI is InChI=1S/C24H23Cl2N3O2/c1-14-8-15(12-27)9-22-19(14)10-16(28(22)2)11-20-21(25)6-5-18(23(20)26)24(31)29-7-3-4-17(30)13-29/h5-6,8-10,17,30H,3-4,7,11,13H2,1-2H3. The van der Waals surface area contributed by atoms with Crippen LogP contribution in [0.2, 0.25) is 10.0 Å². The molecular formula is C24H23Cl2N3O2. The molecule has 1 aromatic heterocycles. The van der Waals surface area contributed by atoms with Crippen molar-refractivity contribution < 1.29 is 9.90 Å². The lowest BCUT2D eigenvalue weighted by molar-refractivity contribution is 0.0474. The number of hydrogen-bond acceptors (Lipinski definition) is 3. The van der Waals surface area contributed by atoms with Crippen molar-refractivity contribution in [2.75, 3.05) is 13.1 Å². The van der Waals surface area contributed by atoms with Gasteiger partial charge in [0, 0.05) is 48.2 Å². The molecule has 1 fully saturated rings. The van der Waals surface area contributed by atoms with E-state index in [1.807, 2.05) is 30.7 Å². The van der Waals surface area contributed by atoms with Crippen molar-refractivity contribution in [1.29, 1.82) is 5.26 Å². The summed E-state index contributed by atoms with van der Waals surface area (Å²) in [7, 11) is 1.95. The number of aliphatic hydroxyl groups is 1. The van der Waals surface area contributed by atoms with Crippen LogP contribution in [0.3, 0.4) is 0 Å². The summed E-state index contributed by atoms with van der Waals surface area (Å²) in [5, 5.41) is 21.1. The van der Waals surface area contributed by atoms with E-state index in [4.69, 9.17) is 23.2 Å². The van der Waals surface area contributed by atoms with Crippen LogP contribution in [-0.2, 0) is 13.5 Å². The lowest BCUT2D eigenvalue weighted by Crippen LogP contribution is -2.42. The van der Waals surface area contributed by atoms with E-state index in [0.717, 1.165) is 28.6 Å². The Kier molecular flexibility index (Phi) is 5.98. The Morgan fingerprint density at radius 2 is 2.06 bits per heavy atom. The Morgan fingerprint density at radius 3 is 2.77 bits per heavy atom. The van der Waals surface area contributed by atoms with Crippen LogP contribution in [0, 0.1) is 18.3 Å². The normalized spacial score (nSPS) is 16.5. The number of aromatic nitrogens is 1. The number of halogens is 2. The fraction of sp³-hybridized carbons (Fsp3) is 0.333. The number of benzene rings is 2. The molecule has 0 bridgehead atoms. The molecule has 1 N–H and O–H groups in total. The minimum Gasteiger partial charge on any atom is -0.391 e. The average molecular weight is 456 g/mol. The van der Waals surface area contributed by atoms with Gasteiger partial charge in [-0.3, -0.25) is 4.79 Å². The van der Waals surface area contributed by atoms with Crippen LogP contribution in [-0.4, -0.2) is 39.7 Å². The molecule has 4 rings (SSSR count). The molecule has 1 atom stereocenters. The van der Waals surface area contributed by atoms with Crippen molar-refractivity contribution in [3.05, 3.63) is 68.3 Å². The molecule has 0 spiro atoms. The topological polar surface area (TPSA) is 69.3 Å². The van der Waals surface area contributed by atoms with Crippen molar-refractivity contribution in [3.63, 3.8) is 0 Å². The molecule has 1 amide bonds. The summed E-state index contributed by atoms with van der Waals surface area (Å²) in [6.45, 7) is 2.91. The number of fused-ring (bicyclic) bond motifs is 1. The van der Waals surface area contributed by atoms with E-state index in [1.165, 1.54) is 0 Å². The van der Waals surface area contributed by atoms with Crippen molar-refractivity contribution in [2.45, 2.75) is 32.3 Å². The van der Waals surface area contributed by atoms with Crippen LogP contribution in [0.1, 0.15) is 45.6 Å². The van der Waals surface area contributed by atoms with Crippen molar-refractivity contribution in [2.24, 2.45) is 7.05 Å². The van der Waals surface area contributed by atoms with E-state index >= 15 is 0 Å². The number of carbonyl (C=O) groups is 1. The molecule has 160 valence electrons. The highest BCUT2D eigenvalue weighted by atomic mass is 35.5. The number of nitrogens with zero attached hydrogens (tertiary/aromatic N) is 3. The molecule has 2 heterocycles. The quantitative estimate of drug-likeness (QED) is 0.613. The number of rotatable bonds is 3. The van der Waals surface area contributed by atoms with Crippen LogP contribution < -0.4 is 0 Å². The first-order chi connectivity index (χ1) is 14.8. The fourth-order valence-electron chi connectivity index (χ4n) is 4.31. The highest BCUT2D eigenvalue weighted by molar-refractivity contribution is 6.38. The van der Waals surface area contributed by atoms with E-state index in [1.54, 1.807) is 17.0 Å². The van der Waals surface area contributed by atoms with E-state index in [9.17, 15) is 15.2 Å². The minimum absolute atomic E-state index is 0.187. The number of nitriles is 1. The summed E-state index contributed by atoms with van der Waals surface area (Å²) < 4.78 is 2.03. The maximum absolute atomic E-state index is 13.1. The maximum Gasteiger partial charge on any atom is 0.255 e. The molecule has 5 nitrogen and oxygen atoms in total. The molecule has 1 aliphatic rings. The van der Waals surface area contributed by atoms with Gasteiger partial charge in [0.05, 0.1) is 28.3 Å². The third kappa shape index (κ3) is 4.04. The third-order valence-corrected chi connectivity index (χ3v) is 6.84. The van der Waals surface area contributed by atoms with Crippen molar-refractivity contribution in [3.8, 4) is 6.07 Å². The molecule has 1 unspecified atom stereocenters. The minimum atomic E-state index is -0.499. The number of amides is 1. The Hall–Kier alpha value is -2.52. The van der Waals surface area contributed by atoms with Crippen LogP contribution in [0.5, 0.6) is 0 Å². The molecule has 1 saturated heterocycles. The van der Waals surface area contributed by atoms with Gasteiger partial charge in [-0.05, 0) is 61.2 Å². The fourth-order valence-corrected chi connectivity index (χ4v) is 4.90. The Morgan fingerprint density at radius 1 is 1.29 bits per heavy atom. The van der Waals surface area contributed by atoms with Gasteiger partial charge < -0.3 is 14.6 Å². The van der Waals surface area contributed by atoms with Gasteiger partial charge >= 0.3 is 0 Å². The van der Waals surface area contributed by atoms with Gasteiger partial charge in [0.1, 0.15) is 0 Å². The molecule has 1 aliphatic heterocycles. The molecule has 0 radical (unpaired) electrons. The second-order valence-corrected chi connectivity index (χ2v) is 8.93. The molecule has 3 aromatic rings. The summed E-state index contributed by atoms with van der Waals surface area (Å²) in [5.74, 6) is -0.187. The van der Waals surface area contributed by atoms with E-state index < -0.39 is 6.10 Å². The highest BCUT2D eigenvalue weighted by Gasteiger charge is 2.26. The number of aliphatic hydroxyl groups excluding tert-OH is 1. The second-order valence-electron chi connectivity index (χ2n) is 8.14. The first kappa shape index (κ1) is 21.7. The predicted molar refractivity (Wildman–Crippen MR) is 123 cm³/mol. The predicted octanol–water partition coefficient (Wildman–Crippen LogP) is 4.85. The summed E-state index contributed by atoms with van der Waals surface area (Å²) in [6, 6.07) is 11.4. The largest absolute Gasteiger partial charge is 0.391 e. The van der Waals surface area contributed by atoms with Gasteiger partial charge in [0.15, 0.2) is 0 Å². The van der Waals surface area contributed by atoms with Gasteiger partial charge in [-0.1, -0.05) is 23.2 Å². The number of likely N-dealkylation sites (tertiary alicyclic amines) is 1. The third-order valence-electron chi connectivity index (χ3n) is 6.06. The first-order valence-corrected chi connectivity index (χ1v) is 11.0. The van der Waals surface area contributed by atoms with Gasteiger partial charge in [0.25, 0.3) is 5.91 Å². The highest BCUT2D eigenvalue weighted by Crippen LogP contribution is 2.33. The Balaban J connectivity index is 1.72. The summed E-state index contributed by atoms with van der Waals surface area (Å²) in [4.78, 5) is 14.7. The van der Waals surface area contributed by atoms with Gasteiger partial charge in [-0.2, -0.15) is 5.26 Å². The number of hydrogen-bond donors (Lipinski definition) is 1. The van der Waals surface area contributed by atoms with Crippen molar-refractivity contribution >= 4 is 40.0 Å². The lowest BCUT2D eigenvalue weighted by atomic mass is 10.0. The van der Waals surface area contributed by atoms with Crippen LogP contribution in [0.25, 0.3) is 10.9 Å². The number of β-amino-alcohol motifs (C(OH)–C–C–N with tert-alkyl or cyclic N) is 1. The van der Waals surface area contributed by atoms with Crippen molar-refractivity contribution in [1.82, 2.24) is 9.47 Å². The smallest absolute Gasteiger partial charge is 0.255 e. The second kappa shape index (κ2) is 8.55. The van der Waals surface area contributed by atoms with Crippen LogP contribution in [0.4, 0.5) is 0 Å². The van der Waals surface area contributed by atoms with E-state index in [2.05, 4.69) is 12.1 Å². The Labute approximate surface area is 191 Å².